The molecule has 0 spiro atoms. The fourth-order valence-corrected chi connectivity index (χ4v) is 1.73. The van der Waals surface area contributed by atoms with Crippen LogP contribution in [0.4, 0.5) is 10.7 Å². The fraction of sp³-hybridized carbons (Fsp3) is 0.222. The summed E-state index contributed by atoms with van der Waals surface area (Å²) >= 11 is 3.39. The highest BCUT2D eigenvalue weighted by Crippen LogP contribution is 2.16. The Labute approximate surface area is 106 Å². The topological polar surface area (TPSA) is 97.3 Å². The minimum Gasteiger partial charge on any atom is -0.352 e. The number of rotatable bonds is 4. The Morgan fingerprint density at radius 3 is 3.06 bits per heavy atom. The van der Waals surface area contributed by atoms with Crippen molar-refractivity contribution in [3.05, 3.63) is 22.8 Å². The molecular formula is C9H11BrN6O. The summed E-state index contributed by atoms with van der Waals surface area (Å²) in [6.45, 7) is 0.934. The lowest BCUT2D eigenvalue weighted by Crippen LogP contribution is -2.33. The number of hydrogen-bond acceptors (Lipinski definition) is 4. The summed E-state index contributed by atoms with van der Waals surface area (Å²) in [7, 11) is 0. The van der Waals surface area contributed by atoms with Crippen LogP contribution in [-0.4, -0.2) is 33.7 Å². The van der Waals surface area contributed by atoms with Crippen molar-refractivity contribution in [1.29, 1.82) is 0 Å². The van der Waals surface area contributed by atoms with Crippen molar-refractivity contribution in [3.8, 4) is 0 Å². The molecule has 0 saturated carbocycles. The molecule has 4 N–H and O–H groups in total. The Hall–Kier alpha value is -1.83. The fourth-order valence-electron chi connectivity index (χ4n) is 1.31. The highest BCUT2D eigenvalue weighted by molar-refractivity contribution is 9.10. The molecule has 2 heterocycles. The van der Waals surface area contributed by atoms with Crippen molar-refractivity contribution >= 4 is 33.6 Å². The third kappa shape index (κ3) is 2.84. The van der Waals surface area contributed by atoms with Gasteiger partial charge in [-0.1, -0.05) is 0 Å². The van der Waals surface area contributed by atoms with E-state index in [1.54, 1.807) is 10.7 Å². The first-order chi connectivity index (χ1) is 8.16. The molecule has 0 fully saturated rings. The quantitative estimate of drug-likeness (QED) is 0.719. The third-order valence-corrected chi connectivity index (χ3v) is 2.64. The Balaban J connectivity index is 2.00. The number of halogens is 1. The van der Waals surface area contributed by atoms with Gasteiger partial charge in [0.15, 0.2) is 5.65 Å². The van der Waals surface area contributed by atoms with Crippen LogP contribution in [-0.2, 0) is 0 Å². The van der Waals surface area contributed by atoms with Gasteiger partial charge >= 0.3 is 6.03 Å². The van der Waals surface area contributed by atoms with Crippen LogP contribution in [0.1, 0.15) is 0 Å². The van der Waals surface area contributed by atoms with Crippen LogP contribution in [0.3, 0.4) is 0 Å². The van der Waals surface area contributed by atoms with E-state index in [-0.39, 0.29) is 0 Å². The lowest BCUT2D eigenvalue weighted by atomic mass is 10.5. The van der Waals surface area contributed by atoms with Crippen molar-refractivity contribution in [2.75, 3.05) is 18.4 Å². The number of pyridine rings is 1. The van der Waals surface area contributed by atoms with Crippen molar-refractivity contribution in [1.82, 2.24) is 19.9 Å². The van der Waals surface area contributed by atoms with Crippen LogP contribution in [0.2, 0.25) is 0 Å². The van der Waals surface area contributed by atoms with Gasteiger partial charge in [0.1, 0.15) is 0 Å². The minimum absolute atomic E-state index is 0.423. The number of nitrogens with two attached hydrogens (primary N) is 1. The molecule has 0 aliphatic heterocycles. The Kier molecular flexibility index (Phi) is 3.43. The lowest BCUT2D eigenvalue weighted by Gasteiger charge is -2.01. The van der Waals surface area contributed by atoms with Crippen LogP contribution in [0.5, 0.6) is 0 Å². The van der Waals surface area contributed by atoms with Gasteiger partial charge in [-0.3, -0.25) is 0 Å². The highest BCUT2D eigenvalue weighted by Gasteiger charge is 2.05. The average Bonchev–Trinajstić information content (AvgIpc) is 2.69. The highest BCUT2D eigenvalue weighted by atomic mass is 79.9. The minimum atomic E-state index is -0.544. The van der Waals surface area contributed by atoms with E-state index >= 15 is 0 Å². The Morgan fingerprint density at radius 2 is 2.35 bits per heavy atom. The summed E-state index contributed by atoms with van der Waals surface area (Å²) in [5.41, 5.74) is 5.67. The maximum Gasteiger partial charge on any atom is 0.312 e. The molecule has 0 aliphatic carbocycles. The van der Waals surface area contributed by atoms with Crippen LogP contribution in [0.25, 0.3) is 5.65 Å². The zero-order chi connectivity index (χ0) is 12.3. The number of carbonyl (C=O) groups excluding carboxylic acids is 1. The molecule has 7 nitrogen and oxygen atoms in total. The molecule has 8 heteroatoms. The summed E-state index contributed by atoms with van der Waals surface area (Å²) in [5, 5.41) is 9.66. The normalized spacial score (nSPS) is 10.4. The van der Waals surface area contributed by atoms with Gasteiger partial charge in [0.25, 0.3) is 0 Å². The number of anilines is 1. The van der Waals surface area contributed by atoms with Gasteiger partial charge in [0.05, 0.1) is 4.47 Å². The summed E-state index contributed by atoms with van der Waals surface area (Å²) < 4.78 is 2.53. The molecular weight excluding hydrogens is 288 g/mol. The molecule has 0 saturated heterocycles. The van der Waals surface area contributed by atoms with Gasteiger partial charge in [-0.15, -0.1) is 5.10 Å². The molecule has 0 bridgehead atoms. The van der Waals surface area contributed by atoms with E-state index in [9.17, 15) is 4.79 Å². The Bertz CT molecular complexity index is 539. The molecule has 17 heavy (non-hydrogen) atoms. The first-order valence-corrected chi connectivity index (χ1v) is 5.74. The van der Waals surface area contributed by atoms with Crippen molar-refractivity contribution in [2.45, 2.75) is 0 Å². The van der Waals surface area contributed by atoms with Crippen LogP contribution in [0, 0.1) is 0 Å². The predicted molar refractivity (Wildman–Crippen MR) is 66.8 cm³/mol. The first kappa shape index (κ1) is 11.6. The molecule has 0 aromatic carbocycles. The Morgan fingerprint density at radius 1 is 1.53 bits per heavy atom. The third-order valence-electron chi connectivity index (χ3n) is 2.02. The number of primary amides is 1. The number of carbonyl (C=O) groups is 1. The molecule has 90 valence electrons. The van der Waals surface area contributed by atoms with Crippen LogP contribution >= 0.6 is 15.9 Å². The van der Waals surface area contributed by atoms with Gasteiger partial charge in [-0.25, -0.2) is 9.31 Å². The van der Waals surface area contributed by atoms with E-state index in [0.29, 0.717) is 19.0 Å². The number of nitrogens with zero attached hydrogens (tertiary/aromatic N) is 3. The van der Waals surface area contributed by atoms with E-state index < -0.39 is 6.03 Å². The van der Waals surface area contributed by atoms with Crippen molar-refractivity contribution in [2.24, 2.45) is 5.73 Å². The summed E-state index contributed by atoms with van der Waals surface area (Å²) in [4.78, 5) is 14.7. The second kappa shape index (κ2) is 5.00. The summed E-state index contributed by atoms with van der Waals surface area (Å²) in [5.74, 6) is 0.503. The number of nitrogens with one attached hydrogen (secondary N) is 2. The second-order valence-electron chi connectivity index (χ2n) is 3.28. The van der Waals surface area contributed by atoms with Crippen molar-refractivity contribution < 1.29 is 4.79 Å². The maximum absolute atomic E-state index is 10.4. The zero-order valence-corrected chi connectivity index (χ0v) is 10.4. The summed E-state index contributed by atoms with van der Waals surface area (Å²) in [6.07, 6.45) is 1.81. The standard InChI is InChI=1S/C9H11BrN6O/c10-6-2-1-5-16-7(6)14-9(15-16)13-4-3-12-8(11)17/h1-2,5H,3-4H2,(H,13,15)(H3,11,12,17). The van der Waals surface area contributed by atoms with E-state index in [0.717, 1.165) is 10.1 Å². The number of aromatic nitrogens is 3. The number of hydrogen-bond donors (Lipinski definition) is 3. The summed E-state index contributed by atoms with van der Waals surface area (Å²) in [6, 6.07) is 3.21. The molecule has 0 radical (unpaired) electrons. The monoisotopic (exact) mass is 298 g/mol. The average molecular weight is 299 g/mol. The predicted octanol–water partition coefficient (Wildman–Crippen LogP) is 0.572. The van der Waals surface area contributed by atoms with E-state index in [1.165, 1.54) is 0 Å². The first-order valence-electron chi connectivity index (χ1n) is 4.95. The lowest BCUT2D eigenvalue weighted by molar-refractivity contribution is 0.249. The van der Waals surface area contributed by atoms with Gasteiger partial charge < -0.3 is 16.4 Å². The van der Waals surface area contributed by atoms with Crippen LogP contribution in [0.15, 0.2) is 22.8 Å². The molecule has 2 aromatic rings. The largest absolute Gasteiger partial charge is 0.352 e. The molecule has 0 atom stereocenters. The SMILES string of the molecule is NC(=O)NCCNc1nc2c(Br)cccn2n1. The van der Waals surface area contributed by atoms with Gasteiger partial charge in [0.2, 0.25) is 5.95 Å². The number of amides is 2. The number of fused-ring (bicyclic) bond motifs is 1. The van der Waals surface area contributed by atoms with E-state index in [1.807, 2.05) is 12.1 Å². The van der Waals surface area contributed by atoms with E-state index in [2.05, 4.69) is 36.6 Å². The van der Waals surface area contributed by atoms with Gasteiger partial charge in [-0.05, 0) is 28.1 Å². The molecule has 2 rings (SSSR count). The molecule has 0 unspecified atom stereocenters. The smallest absolute Gasteiger partial charge is 0.312 e. The molecule has 2 amide bonds. The maximum atomic E-state index is 10.4. The van der Waals surface area contributed by atoms with E-state index in [4.69, 9.17) is 5.73 Å². The van der Waals surface area contributed by atoms with Crippen LogP contribution < -0.4 is 16.4 Å². The van der Waals surface area contributed by atoms with Crippen molar-refractivity contribution in [3.63, 3.8) is 0 Å². The molecule has 2 aromatic heterocycles. The molecule has 0 aliphatic rings. The van der Waals surface area contributed by atoms with Gasteiger partial charge in [0, 0.05) is 19.3 Å². The zero-order valence-electron chi connectivity index (χ0n) is 8.85. The van der Waals surface area contributed by atoms with Gasteiger partial charge in [-0.2, -0.15) is 4.98 Å². The second-order valence-corrected chi connectivity index (χ2v) is 4.13. The number of urea groups is 1.